The van der Waals surface area contributed by atoms with Gasteiger partial charge in [0.05, 0.1) is 26.8 Å². The second kappa shape index (κ2) is 9.61. The Morgan fingerprint density at radius 1 is 1.07 bits per heavy atom. The van der Waals surface area contributed by atoms with Crippen LogP contribution in [0.1, 0.15) is 38.3 Å². The van der Waals surface area contributed by atoms with Crippen molar-refractivity contribution in [2.24, 2.45) is 5.92 Å². The highest BCUT2D eigenvalue weighted by atomic mass is 16.5. The van der Waals surface area contributed by atoms with Gasteiger partial charge < -0.3 is 19.3 Å². The Kier molecular flexibility index (Phi) is 7.18. The number of benzene rings is 1. The number of hydrogen-bond acceptors (Lipinski definition) is 5. The topological polar surface area (TPSA) is 45.2 Å². The highest BCUT2D eigenvalue weighted by Gasteiger charge is 2.33. The Morgan fingerprint density at radius 3 is 2.43 bits per heavy atom. The first kappa shape index (κ1) is 20.9. The van der Waals surface area contributed by atoms with E-state index in [4.69, 9.17) is 9.47 Å². The van der Waals surface area contributed by atoms with E-state index in [2.05, 4.69) is 23.6 Å². The minimum atomic E-state index is 0.0931. The second-order valence-electron chi connectivity index (χ2n) is 8.32. The summed E-state index contributed by atoms with van der Waals surface area (Å²) in [5.74, 6) is 2.50. The number of carbonyl (C=O) groups is 1. The molecule has 1 aromatic carbocycles. The van der Waals surface area contributed by atoms with E-state index in [9.17, 15) is 4.79 Å². The molecule has 2 saturated heterocycles. The number of methoxy groups -OCH3 is 2. The summed E-state index contributed by atoms with van der Waals surface area (Å²) in [6, 6.07) is 5.99. The maximum Gasteiger partial charge on any atom is 0.237 e. The zero-order valence-corrected chi connectivity index (χ0v) is 17.8. The van der Waals surface area contributed by atoms with Gasteiger partial charge in [-0.15, -0.1) is 0 Å². The molecule has 28 heavy (non-hydrogen) atoms. The van der Waals surface area contributed by atoms with Crippen molar-refractivity contribution in [3.8, 4) is 11.5 Å². The van der Waals surface area contributed by atoms with E-state index in [-0.39, 0.29) is 11.9 Å². The SMILES string of the molecule is COc1ccc(C2CCCN2C(=O)CN2CCN(CC(C)C)CC2)c(OC)c1. The largest absolute Gasteiger partial charge is 0.497 e. The maximum atomic E-state index is 13.1. The molecule has 0 radical (unpaired) electrons. The number of nitrogens with zero attached hydrogens (tertiary/aromatic N) is 3. The van der Waals surface area contributed by atoms with Crippen LogP contribution in [-0.2, 0) is 4.79 Å². The van der Waals surface area contributed by atoms with E-state index in [0.29, 0.717) is 12.5 Å². The fourth-order valence-electron chi connectivity index (χ4n) is 4.41. The van der Waals surface area contributed by atoms with Crippen LogP contribution in [-0.4, -0.2) is 80.6 Å². The Morgan fingerprint density at radius 2 is 1.79 bits per heavy atom. The lowest BCUT2D eigenvalue weighted by molar-refractivity contribution is -0.133. The molecule has 2 aliphatic heterocycles. The zero-order chi connectivity index (χ0) is 20.1. The molecule has 3 rings (SSSR count). The Labute approximate surface area is 169 Å². The quantitative estimate of drug-likeness (QED) is 0.717. The summed E-state index contributed by atoms with van der Waals surface area (Å²) in [6.07, 6.45) is 2.02. The highest BCUT2D eigenvalue weighted by molar-refractivity contribution is 5.79. The minimum Gasteiger partial charge on any atom is -0.497 e. The van der Waals surface area contributed by atoms with Crippen LogP contribution in [0.25, 0.3) is 0 Å². The minimum absolute atomic E-state index is 0.0931. The normalized spacial score (nSPS) is 21.3. The van der Waals surface area contributed by atoms with E-state index >= 15 is 0 Å². The monoisotopic (exact) mass is 389 g/mol. The summed E-state index contributed by atoms with van der Waals surface area (Å²) in [5.41, 5.74) is 1.08. The second-order valence-corrected chi connectivity index (χ2v) is 8.32. The lowest BCUT2D eigenvalue weighted by Gasteiger charge is -2.36. The molecule has 0 bridgehead atoms. The van der Waals surface area contributed by atoms with E-state index in [0.717, 1.165) is 69.2 Å². The molecule has 156 valence electrons. The Balaban J connectivity index is 1.61. The van der Waals surface area contributed by atoms with Crippen LogP contribution in [0.2, 0.25) is 0 Å². The lowest BCUT2D eigenvalue weighted by atomic mass is 10.0. The molecule has 6 nitrogen and oxygen atoms in total. The third-order valence-corrected chi connectivity index (χ3v) is 5.82. The van der Waals surface area contributed by atoms with Crippen molar-refractivity contribution in [2.75, 3.05) is 60.0 Å². The number of rotatable bonds is 7. The number of hydrogen-bond donors (Lipinski definition) is 0. The Bertz CT molecular complexity index is 656. The van der Waals surface area contributed by atoms with Crippen LogP contribution < -0.4 is 9.47 Å². The van der Waals surface area contributed by atoms with Crippen molar-refractivity contribution in [3.05, 3.63) is 23.8 Å². The van der Waals surface area contributed by atoms with Crippen LogP contribution in [0.5, 0.6) is 11.5 Å². The molecule has 1 aromatic rings. The molecule has 0 N–H and O–H groups in total. The number of carbonyl (C=O) groups excluding carboxylic acids is 1. The van der Waals surface area contributed by atoms with Crippen LogP contribution in [0.15, 0.2) is 18.2 Å². The summed E-state index contributed by atoms with van der Waals surface area (Å²) < 4.78 is 10.9. The molecule has 2 fully saturated rings. The van der Waals surface area contributed by atoms with E-state index in [1.165, 1.54) is 0 Å². The van der Waals surface area contributed by atoms with E-state index in [1.54, 1.807) is 14.2 Å². The predicted molar refractivity (Wildman–Crippen MR) is 111 cm³/mol. The molecular formula is C22H35N3O3. The van der Waals surface area contributed by atoms with Crippen LogP contribution >= 0.6 is 0 Å². The molecule has 2 aliphatic rings. The molecule has 6 heteroatoms. The number of ether oxygens (including phenoxy) is 2. The third kappa shape index (κ3) is 4.97. The smallest absolute Gasteiger partial charge is 0.237 e. The standard InChI is InChI=1S/C22H35N3O3/c1-17(2)15-23-10-12-24(13-11-23)16-22(26)25-9-5-6-20(25)19-8-7-18(27-3)14-21(19)28-4/h7-8,14,17,20H,5-6,9-13,15-16H2,1-4H3. The number of likely N-dealkylation sites (tertiary alicyclic amines) is 1. The van der Waals surface area contributed by atoms with Gasteiger partial charge in [-0.05, 0) is 30.9 Å². The fraction of sp³-hybridized carbons (Fsp3) is 0.682. The summed E-state index contributed by atoms with van der Waals surface area (Å²) in [5, 5.41) is 0. The van der Waals surface area contributed by atoms with Gasteiger partial charge in [-0.3, -0.25) is 9.69 Å². The van der Waals surface area contributed by atoms with Gasteiger partial charge in [-0.2, -0.15) is 0 Å². The maximum absolute atomic E-state index is 13.1. The van der Waals surface area contributed by atoms with Crippen LogP contribution in [0, 0.1) is 5.92 Å². The average Bonchev–Trinajstić information content (AvgIpc) is 3.18. The fourth-order valence-corrected chi connectivity index (χ4v) is 4.41. The average molecular weight is 390 g/mol. The van der Waals surface area contributed by atoms with Crippen molar-refractivity contribution >= 4 is 5.91 Å². The van der Waals surface area contributed by atoms with Gasteiger partial charge in [0.1, 0.15) is 11.5 Å². The molecule has 1 amide bonds. The van der Waals surface area contributed by atoms with Gasteiger partial charge in [0.15, 0.2) is 0 Å². The number of amides is 1. The number of piperazine rings is 1. The lowest BCUT2D eigenvalue weighted by Crippen LogP contribution is -2.50. The summed E-state index contributed by atoms with van der Waals surface area (Å²) in [7, 11) is 3.33. The first-order valence-corrected chi connectivity index (χ1v) is 10.5. The first-order chi connectivity index (χ1) is 13.5. The molecule has 1 unspecified atom stereocenters. The summed E-state index contributed by atoms with van der Waals surface area (Å²) in [6.45, 7) is 11.1. The van der Waals surface area contributed by atoms with Crippen molar-refractivity contribution in [1.82, 2.24) is 14.7 Å². The van der Waals surface area contributed by atoms with Gasteiger partial charge in [0.25, 0.3) is 0 Å². The van der Waals surface area contributed by atoms with E-state index < -0.39 is 0 Å². The van der Waals surface area contributed by atoms with Crippen molar-refractivity contribution in [3.63, 3.8) is 0 Å². The van der Waals surface area contributed by atoms with Crippen molar-refractivity contribution in [1.29, 1.82) is 0 Å². The van der Waals surface area contributed by atoms with E-state index in [1.807, 2.05) is 23.1 Å². The third-order valence-electron chi connectivity index (χ3n) is 5.82. The molecule has 0 aromatic heterocycles. The van der Waals surface area contributed by atoms with Crippen LogP contribution in [0.3, 0.4) is 0 Å². The molecular weight excluding hydrogens is 354 g/mol. The molecule has 0 spiro atoms. The van der Waals surface area contributed by atoms with Gasteiger partial charge in [0, 0.05) is 50.9 Å². The van der Waals surface area contributed by atoms with Gasteiger partial charge in [0.2, 0.25) is 5.91 Å². The zero-order valence-electron chi connectivity index (χ0n) is 17.8. The van der Waals surface area contributed by atoms with Gasteiger partial charge in [-0.25, -0.2) is 0 Å². The molecule has 0 aliphatic carbocycles. The van der Waals surface area contributed by atoms with Crippen LogP contribution in [0.4, 0.5) is 0 Å². The highest BCUT2D eigenvalue weighted by Crippen LogP contribution is 2.38. The van der Waals surface area contributed by atoms with Gasteiger partial charge in [-0.1, -0.05) is 13.8 Å². The first-order valence-electron chi connectivity index (χ1n) is 10.5. The molecule has 0 saturated carbocycles. The summed E-state index contributed by atoms with van der Waals surface area (Å²) in [4.78, 5) is 19.9. The predicted octanol–water partition coefficient (Wildman–Crippen LogP) is 2.64. The Hall–Kier alpha value is -1.79. The summed E-state index contributed by atoms with van der Waals surface area (Å²) >= 11 is 0. The van der Waals surface area contributed by atoms with Gasteiger partial charge >= 0.3 is 0 Å². The molecule has 2 heterocycles. The molecule has 1 atom stereocenters. The van der Waals surface area contributed by atoms with Crippen molar-refractivity contribution in [2.45, 2.75) is 32.7 Å². The van der Waals surface area contributed by atoms with Crippen molar-refractivity contribution < 1.29 is 14.3 Å².